The fourth-order valence-corrected chi connectivity index (χ4v) is 4.06. The van der Waals surface area contributed by atoms with E-state index in [1.807, 2.05) is 67.6 Å². The Morgan fingerprint density at radius 3 is 2.25 bits per heavy atom. The number of carboxylic acid groups (broad SMARTS) is 1. The molecule has 3 N–H and O–H groups in total. The molecule has 3 aromatic carbocycles. The van der Waals surface area contributed by atoms with Crippen molar-refractivity contribution in [3.63, 3.8) is 0 Å². The summed E-state index contributed by atoms with van der Waals surface area (Å²) in [5.41, 5.74) is 3.25. The highest BCUT2D eigenvalue weighted by Gasteiger charge is 2.22. The van der Waals surface area contributed by atoms with Gasteiger partial charge in [0, 0.05) is 22.7 Å². The Hall–Kier alpha value is -3.58. The molecule has 0 aliphatic carbocycles. The number of carbonyl (C=O) groups is 3. The van der Waals surface area contributed by atoms with Gasteiger partial charge in [-0.1, -0.05) is 54.1 Å². The summed E-state index contributed by atoms with van der Waals surface area (Å²) in [6.07, 6.45) is -0.326. The average molecular weight is 449 g/mol. The van der Waals surface area contributed by atoms with Gasteiger partial charge in [-0.25, -0.2) is 0 Å². The molecular weight excluding hydrogens is 424 g/mol. The van der Waals surface area contributed by atoms with E-state index < -0.39 is 11.2 Å². The molecule has 0 bridgehead atoms. The molecule has 7 heteroatoms. The third-order valence-corrected chi connectivity index (χ3v) is 5.85. The van der Waals surface area contributed by atoms with E-state index in [0.717, 1.165) is 21.7 Å². The van der Waals surface area contributed by atoms with Crippen LogP contribution in [0.4, 0.5) is 11.4 Å². The lowest BCUT2D eigenvalue weighted by Crippen LogP contribution is -2.19. The minimum absolute atomic E-state index is 0.0989. The number of carbonyl (C=O) groups excluding carboxylic acids is 2. The second kappa shape index (κ2) is 11.2. The SMILES string of the molecule is Cc1ccc(NC(=O)C(Sc2cccc(NC(=O)CCC(=O)O)c2)c2ccccc2)cc1. The average Bonchev–Trinajstić information content (AvgIpc) is 2.78. The number of carboxylic acids is 1. The van der Waals surface area contributed by atoms with Crippen molar-refractivity contribution < 1.29 is 19.5 Å². The normalized spacial score (nSPS) is 11.4. The molecular formula is C25H24N2O4S. The topological polar surface area (TPSA) is 95.5 Å². The monoisotopic (exact) mass is 448 g/mol. The summed E-state index contributed by atoms with van der Waals surface area (Å²) >= 11 is 1.37. The van der Waals surface area contributed by atoms with Crippen LogP contribution >= 0.6 is 11.8 Å². The number of aliphatic carboxylic acids is 1. The second-order valence-electron chi connectivity index (χ2n) is 7.23. The van der Waals surface area contributed by atoms with E-state index in [4.69, 9.17) is 5.11 Å². The van der Waals surface area contributed by atoms with Crippen LogP contribution in [0.15, 0.2) is 83.8 Å². The fraction of sp³-hybridized carbons (Fsp3) is 0.160. The fourth-order valence-electron chi connectivity index (χ4n) is 2.97. The maximum Gasteiger partial charge on any atom is 0.303 e. The Morgan fingerprint density at radius 1 is 0.844 bits per heavy atom. The largest absolute Gasteiger partial charge is 0.481 e. The van der Waals surface area contributed by atoms with Crippen LogP contribution in [-0.4, -0.2) is 22.9 Å². The van der Waals surface area contributed by atoms with Crippen molar-refractivity contribution in [3.8, 4) is 0 Å². The summed E-state index contributed by atoms with van der Waals surface area (Å²) in [4.78, 5) is 36.6. The predicted octanol–water partition coefficient (Wildman–Crippen LogP) is 5.27. The van der Waals surface area contributed by atoms with Crippen LogP contribution in [0.1, 0.15) is 29.2 Å². The van der Waals surface area contributed by atoms with Gasteiger partial charge in [0.1, 0.15) is 5.25 Å². The lowest BCUT2D eigenvalue weighted by Gasteiger charge is -2.18. The van der Waals surface area contributed by atoms with Gasteiger partial charge in [-0.05, 0) is 42.8 Å². The van der Waals surface area contributed by atoms with Crippen LogP contribution in [0.2, 0.25) is 0 Å². The van der Waals surface area contributed by atoms with Crippen molar-refractivity contribution in [2.24, 2.45) is 0 Å². The number of amides is 2. The third kappa shape index (κ3) is 6.99. The van der Waals surface area contributed by atoms with Gasteiger partial charge >= 0.3 is 5.97 Å². The Balaban J connectivity index is 1.76. The van der Waals surface area contributed by atoms with Gasteiger partial charge in [0.2, 0.25) is 11.8 Å². The van der Waals surface area contributed by atoms with Gasteiger partial charge in [-0.2, -0.15) is 0 Å². The molecule has 164 valence electrons. The number of hydrogen-bond acceptors (Lipinski definition) is 4. The predicted molar refractivity (Wildman–Crippen MR) is 127 cm³/mol. The van der Waals surface area contributed by atoms with Crippen LogP contribution in [0, 0.1) is 6.92 Å². The van der Waals surface area contributed by atoms with Gasteiger partial charge in [0.05, 0.1) is 6.42 Å². The van der Waals surface area contributed by atoms with E-state index in [9.17, 15) is 14.4 Å². The Kier molecular flexibility index (Phi) is 8.05. The third-order valence-electron chi connectivity index (χ3n) is 4.60. The number of rotatable bonds is 9. The molecule has 0 saturated carbocycles. The molecule has 0 radical (unpaired) electrons. The molecule has 0 spiro atoms. The minimum atomic E-state index is -1.02. The number of hydrogen-bond donors (Lipinski definition) is 3. The lowest BCUT2D eigenvalue weighted by atomic mass is 10.1. The molecule has 3 rings (SSSR count). The van der Waals surface area contributed by atoms with Crippen molar-refractivity contribution in [2.75, 3.05) is 10.6 Å². The molecule has 32 heavy (non-hydrogen) atoms. The zero-order valence-corrected chi connectivity index (χ0v) is 18.4. The quantitative estimate of drug-likeness (QED) is 0.388. The minimum Gasteiger partial charge on any atom is -0.481 e. The zero-order chi connectivity index (χ0) is 22.9. The molecule has 1 atom stereocenters. The number of thioether (sulfide) groups is 1. The molecule has 0 aliphatic heterocycles. The van der Waals surface area contributed by atoms with Crippen LogP contribution in [0.25, 0.3) is 0 Å². The lowest BCUT2D eigenvalue weighted by molar-refractivity contribution is -0.138. The highest BCUT2D eigenvalue weighted by molar-refractivity contribution is 8.00. The standard InChI is InChI=1S/C25H24N2O4S/c1-17-10-12-19(13-11-17)27-25(31)24(18-6-3-2-4-7-18)32-21-9-5-8-20(16-21)26-22(28)14-15-23(29)30/h2-13,16,24H,14-15H2,1H3,(H,26,28)(H,27,31)(H,29,30). The summed E-state index contributed by atoms with van der Waals surface area (Å²) in [7, 11) is 0. The van der Waals surface area contributed by atoms with Gasteiger partial charge in [-0.15, -0.1) is 11.8 Å². The molecule has 0 heterocycles. The van der Waals surface area contributed by atoms with Crippen molar-refractivity contribution >= 4 is 40.9 Å². The molecule has 1 unspecified atom stereocenters. The maximum atomic E-state index is 13.2. The molecule has 0 saturated heterocycles. The highest BCUT2D eigenvalue weighted by atomic mass is 32.2. The van der Waals surface area contributed by atoms with E-state index >= 15 is 0 Å². The van der Waals surface area contributed by atoms with Crippen molar-refractivity contribution in [3.05, 3.63) is 90.0 Å². The Bertz CT molecular complexity index is 1080. The number of aryl methyl sites for hydroxylation is 1. The number of anilines is 2. The second-order valence-corrected chi connectivity index (χ2v) is 8.41. The maximum absolute atomic E-state index is 13.2. The molecule has 6 nitrogen and oxygen atoms in total. The molecule has 3 aromatic rings. The van der Waals surface area contributed by atoms with E-state index in [-0.39, 0.29) is 24.7 Å². The van der Waals surface area contributed by atoms with Crippen LogP contribution in [-0.2, 0) is 14.4 Å². The van der Waals surface area contributed by atoms with Crippen molar-refractivity contribution in [1.82, 2.24) is 0 Å². The molecule has 0 aromatic heterocycles. The smallest absolute Gasteiger partial charge is 0.303 e. The highest BCUT2D eigenvalue weighted by Crippen LogP contribution is 2.37. The molecule has 0 aliphatic rings. The van der Waals surface area contributed by atoms with E-state index in [1.54, 1.807) is 18.2 Å². The van der Waals surface area contributed by atoms with Crippen LogP contribution < -0.4 is 10.6 Å². The first-order valence-corrected chi connectivity index (χ1v) is 11.0. The number of nitrogens with one attached hydrogen (secondary N) is 2. The van der Waals surface area contributed by atoms with Crippen molar-refractivity contribution in [1.29, 1.82) is 0 Å². The first-order chi connectivity index (χ1) is 15.4. The van der Waals surface area contributed by atoms with Crippen LogP contribution in [0.3, 0.4) is 0 Å². The van der Waals surface area contributed by atoms with Gasteiger partial charge in [-0.3, -0.25) is 14.4 Å². The Morgan fingerprint density at radius 2 is 1.56 bits per heavy atom. The van der Waals surface area contributed by atoms with Crippen LogP contribution in [0.5, 0.6) is 0 Å². The van der Waals surface area contributed by atoms with Gasteiger partial charge in [0.15, 0.2) is 0 Å². The summed E-state index contributed by atoms with van der Waals surface area (Å²) in [5, 5.41) is 13.9. The van der Waals surface area contributed by atoms with E-state index in [1.165, 1.54) is 11.8 Å². The molecule has 2 amide bonds. The summed E-state index contributed by atoms with van der Waals surface area (Å²) in [6.45, 7) is 1.99. The van der Waals surface area contributed by atoms with Gasteiger partial charge in [0.25, 0.3) is 0 Å². The van der Waals surface area contributed by atoms with Gasteiger partial charge < -0.3 is 15.7 Å². The molecule has 0 fully saturated rings. The van der Waals surface area contributed by atoms with E-state index in [2.05, 4.69) is 10.6 Å². The van der Waals surface area contributed by atoms with E-state index in [0.29, 0.717) is 5.69 Å². The Labute approximate surface area is 191 Å². The first-order valence-electron chi connectivity index (χ1n) is 10.1. The summed E-state index contributed by atoms with van der Waals surface area (Å²) in [5.74, 6) is -1.54. The van der Waals surface area contributed by atoms with Crippen molar-refractivity contribution in [2.45, 2.75) is 29.9 Å². The number of benzene rings is 3. The first kappa shape index (κ1) is 23.1. The summed E-state index contributed by atoms with van der Waals surface area (Å²) < 4.78 is 0. The summed E-state index contributed by atoms with van der Waals surface area (Å²) in [6, 6.07) is 24.3. The zero-order valence-electron chi connectivity index (χ0n) is 17.6.